The summed E-state index contributed by atoms with van der Waals surface area (Å²) in [7, 11) is 0. The van der Waals surface area contributed by atoms with E-state index in [2.05, 4.69) is 4.84 Å². The Balaban J connectivity index is 2.80. The molecule has 0 aromatic heterocycles. The molecule has 0 N–H and O–H groups in total. The molecule has 0 spiro atoms. The summed E-state index contributed by atoms with van der Waals surface area (Å²) in [6.07, 6.45) is -4.24. The summed E-state index contributed by atoms with van der Waals surface area (Å²) in [5.74, 6) is 0. The van der Waals surface area contributed by atoms with Gasteiger partial charge in [0.15, 0.2) is 0 Å². The van der Waals surface area contributed by atoms with E-state index in [1.54, 1.807) is 6.92 Å². The Morgan fingerprint density at radius 2 is 2.12 bits per heavy atom. The van der Waals surface area contributed by atoms with Gasteiger partial charge in [-0.1, -0.05) is 5.17 Å². The van der Waals surface area contributed by atoms with Gasteiger partial charge < -0.3 is 0 Å². The summed E-state index contributed by atoms with van der Waals surface area (Å²) in [5.41, 5.74) is -0.198. The Bertz CT molecular complexity index is 299. The molecule has 0 saturated carbocycles. The minimum absolute atomic E-state index is 0.198. The molecule has 1 heterocycles. The highest BCUT2D eigenvalue weighted by Gasteiger charge is 2.40. The van der Waals surface area contributed by atoms with Crippen LogP contribution in [-0.4, -0.2) is 48.5 Å². The highest BCUT2D eigenvalue weighted by atomic mass is 19.3. The summed E-state index contributed by atoms with van der Waals surface area (Å²) >= 11 is 0. The van der Waals surface area contributed by atoms with Gasteiger partial charge in [0.05, 0.1) is 0 Å². The van der Waals surface area contributed by atoms with E-state index in [-0.39, 0.29) is 18.4 Å². The van der Waals surface area contributed by atoms with Gasteiger partial charge >= 0.3 is 0 Å². The second-order valence-corrected chi connectivity index (χ2v) is 3.27. The second kappa shape index (κ2) is 5.97. The third kappa shape index (κ3) is 3.16. The van der Waals surface area contributed by atoms with E-state index in [4.69, 9.17) is 0 Å². The first-order chi connectivity index (χ1) is 8.01. The molecule has 0 fully saturated rings. The molecule has 0 amide bonds. The van der Waals surface area contributed by atoms with E-state index in [1.165, 1.54) is 0 Å². The Morgan fingerprint density at radius 1 is 1.47 bits per heavy atom. The zero-order valence-corrected chi connectivity index (χ0v) is 9.02. The molecule has 0 radical (unpaired) electrons. The van der Waals surface area contributed by atoms with Crippen molar-refractivity contribution >= 4 is 6.29 Å². The lowest BCUT2D eigenvalue weighted by atomic mass is 10.2. The summed E-state index contributed by atoms with van der Waals surface area (Å²) in [5, 5.41) is 1.78. The molecule has 1 unspecified atom stereocenters. The van der Waals surface area contributed by atoms with E-state index >= 15 is 0 Å². The van der Waals surface area contributed by atoms with E-state index < -0.39 is 25.5 Å². The Morgan fingerprint density at radius 3 is 2.53 bits per heavy atom. The average Bonchev–Trinajstić information content (AvgIpc) is 2.63. The number of hydrogen-bond acceptors (Lipinski definition) is 4. The van der Waals surface area contributed by atoms with Crippen LogP contribution in [0.1, 0.15) is 6.92 Å². The molecule has 0 aromatic rings. The molecule has 0 aliphatic carbocycles. The highest BCUT2D eigenvalue weighted by Crippen LogP contribution is 2.26. The second-order valence-electron chi connectivity index (χ2n) is 3.27. The maximum atomic E-state index is 12.7. The van der Waals surface area contributed by atoms with Crippen LogP contribution in [0.25, 0.3) is 0 Å². The number of carbonyl (C=O) groups is 1. The van der Waals surface area contributed by atoms with Crippen LogP contribution < -0.4 is 0 Å². The first kappa shape index (κ1) is 13.9. The molecule has 1 atom stereocenters. The number of hydroxylamine groups is 1. The molecule has 98 valence electrons. The number of alkyl halides is 4. The highest BCUT2D eigenvalue weighted by molar-refractivity contribution is 5.75. The van der Waals surface area contributed by atoms with Gasteiger partial charge in [-0.2, -0.15) is 0 Å². The summed E-state index contributed by atoms with van der Waals surface area (Å²) in [4.78, 5) is 15.2. The lowest BCUT2D eigenvalue weighted by molar-refractivity contribution is -0.298. The summed E-state index contributed by atoms with van der Waals surface area (Å²) in [6, 6.07) is -1.63. The largest absolute Gasteiger partial charge is 0.298 e. The van der Waals surface area contributed by atoms with Crippen molar-refractivity contribution in [2.24, 2.45) is 0 Å². The molecule has 4 nitrogen and oxygen atoms in total. The van der Waals surface area contributed by atoms with E-state index in [9.17, 15) is 22.4 Å². The van der Waals surface area contributed by atoms with E-state index in [0.29, 0.717) is 5.17 Å². The van der Waals surface area contributed by atoms with Crippen LogP contribution in [0.3, 0.4) is 0 Å². The van der Waals surface area contributed by atoms with Gasteiger partial charge in [-0.15, -0.1) is 0 Å². The van der Waals surface area contributed by atoms with Crippen molar-refractivity contribution in [3.8, 4) is 0 Å². The molecule has 1 aliphatic rings. The lowest BCUT2D eigenvalue weighted by Crippen LogP contribution is -2.46. The van der Waals surface area contributed by atoms with Gasteiger partial charge in [0.2, 0.25) is 0 Å². The lowest BCUT2D eigenvalue weighted by Gasteiger charge is -2.31. The fourth-order valence-electron chi connectivity index (χ4n) is 1.45. The minimum Gasteiger partial charge on any atom is -0.298 e. The van der Waals surface area contributed by atoms with Crippen molar-refractivity contribution in [2.75, 3.05) is 13.2 Å². The summed E-state index contributed by atoms with van der Waals surface area (Å²) in [6.45, 7) is 0.842. The van der Waals surface area contributed by atoms with Crippen molar-refractivity contribution in [3.05, 3.63) is 11.8 Å². The molecule has 0 aromatic carbocycles. The molecule has 1 rings (SSSR count). The van der Waals surface area contributed by atoms with Crippen LogP contribution in [-0.2, 0) is 9.63 Å². The fourth-order valence-corrected chi connectivity index (χ4v) is 1.45. The van der Waals surface area contributed by atoms with Gasteiger partial charge in [0.25, 0.3) is 12.9 Å². The van der Waals surface area contributed by atoms with Crippen LogP contribution in [0.4, 0.5) is 17.6 Å². The number of nitrogens with zero attached hydrogens (tertiary/aromatic N) is 2. The summed E-state index contributed by atoms with van der Waals surface area (Å²) < 4.78 is 49.4. The smallest absolute Gasteiger partial charge is 0.263 e. The molecule has 8 heteroatoms. The van der Waals surface area contributed by atoms with Gasteiger partial charge in [-0.05, 0) is 6.92 Å². The van der Waals surface area contributed by atoms with Crippen LogP contribution in [0.2, 0.25) is 0 Å². The predicted octanol–water partition coefficient (Wildman–Crippen LogP) is 1.45. The van der Waals surface area contributed by atoms with E-state index in [1.807, 2.05) is 0 Å². The SMILES string of the molecule is CCN1C=C(C=O)C(C(F)F)N1OCC(F)F. The van der Waals surface area contributed by atoms with Crippen molar-refractivity contribution in [3.63, 3.8) is 0 Å². The van der Waals surface area contributed by atoms with Crippen molar-refractivity contribution in [1.29, 1.82) is 0 Å². The number of aldehydes is 1. The monoisotopic (exact) mass is 256 g/mol. The molecule has 0 saturated heterocycles. The standard InChI is InChI=1S/C9H12F4N2O2/c1-2-14-3-6(4-16)8(9(12)13)15(14)17-5-7(10)11/h3-4,7-9H,2,5H2,1H3. The molecule has 0 bridgehead atoms. The predicted molar refractivity (Wildman–Crippen MR) is 50.1 cm³/mol. The van der Waals surface area contributed by atoms with Crippen LogP contribution >= 0.6 is 0 Å². The van der Waals surface area contributed by atoms with Gasteiger partial charge in [-0.3, -0.25) is 14.6 Å². The third-order valence-corrected chi connectivity index (χ3v) is 2.16. The number of rotatable bonds is 6. The maximum absolute atomic E-state index is 12.7. The zero-order valence-electron chi connectivity index (χ0n) is 9.02. The van der Waals surface area contributed by atoms with Crippen LogP contribution in [0, 0.1) is 0 Å². The Labute approximate surface area is 95.3 Å². The molecule has 1 aliphatic heterocycles. The van der Waals surface area contributed by atoms with Crippen molar-refractivity contribution in [1.82, 2.24) is 10.2 Å². The Kier molecular flexibility index (Phi) is 4.88. The number of hydrazine groups is 1. The fraction of sp³-hybridized carbons (Fsp3) is 0.667. The van der Waals surface area contributed by atoms with Crippen LogP contribution in [0.15, 0.2) is 11.8 Å². The minimum atomic E-state index is -2.90. The van der Waals surface area contributed by atoms with Gasteiger partial charge in [0.1, 0.15) is 18.9 Å². The average molecular weight is 256 g/mol. The zero-order chi connectivity index (χ0) is 13.0. The van der Waals surface area contributed by atoms with Gasteiger partial charge in [0, 0.05) is 18.3 Å². The van der Waals surface area contributed by atoms with Gasteiger partial charge in [-0.25, -0.2) is 17.6 Å². The first-order valence-corrected chi connectivity index (χ1v) is 4.93. The maximum Gasteiger partial charge on any atom is 0.263 e. The Hall–Kier alpha value is -1.15. The number of hydrogen-bond donors (Lipinski definition) is 0. The third-order valence-electron chi connectivity index (χ3n) is 2.16. The van der Waals surface area contributed by atoms with Crippen LogP contribution in [0.5, 0.6) is 0 Å². The van der Waals surface area contributed by atoms with Crippen molar-refractivity contribution < 1.29 is 27.2 Å². The van der Waals surface area contributed by atoms with Crippen molar-refractivity contribution in [2.45, 2.75) is 25.8 Å². The topological polar surface area (TPSA) is 32.8 Å². The van der Waals surface area contributed by atoms with E-state index in [0.717, 1.165) is 11.2 Å². The number of halogens is 4. The molecular formula is C9H12F4N2O2. The normalized spacial score (nSPS) is 21.5. The molecular weight excluding hydrogens is 244 g/mol. The molecule has 17 heavy (non-hydrogen) atoms. The number of carbonyl (C=O) groups excluding carboxylic acids is 1. The quantitative estimate of drug-likeness (QED) is 0.532. The first-order valence-electron chi connectivity index (χ1n) is 4.93.